The van der Waals surface area contributed by atoms with E-state index in [9.17, 15) is 0 Å². The maximum absolute atomic E-state index is 6.03. The molecule has 5 heteroatoms. The molecule has 0 amide bonds. The summed E-state index contributed by atoms with van der Waals surface area (Å²) >= 11 is 0. The molecule has 2 rings (SSSR count). The fourth-order valence-corrected chi connectivity index (χ4v) is 1.85. The lowest BCUT2D eigenvalue weighted by Gasteiger charge is -2.11. The standard InChI is InChI=1S/C15H20N2O3/c1-9(2)14(16)15-17-8-13(20-15)10-5-6-11(18-3)12(7-10)19-4/h5-9,14H,16H2,1-4H3. The van der Waals surface area contributed by atoms with Crippen LogP contribution in [0.15, 0.2) is 28.8 Å². The summed E-state index contributed by atoms with van der Waals surface area (Å²) in [4.78, 5) is 4.25. The van der Waals surface area contributed by atoms with Crippen LogP contribution in [0.4, 0.5) is 0 Å². The van der Waals surface area contributed by atoms with Crippen LogP contribution in [-0.2, 0) is 0 Å². The predicted octanol–water partition coefficient (Wildman–Crippen LogP) is 3.01. The van der Waals surface area contributed by atoms with Gasteiger partial charge in [-0.25, -0.2) is 4.98 Å². The molecule has 108 valence electrons. The van der Waals surface area contributed by atoms with Crippen molar-refractivity contribution in [3.8, 4) is 22.8 Å². The number of benzene rings is 1. The maximum atomic E-state index is 6.03. The van der Waals surface area contributed by atoms with Gasteiger partial charge in [-0.05, 0) is 24.1 Å². The Labute approximate surface area is 118 Å². The highest BCUT2D eigenvalue weighted by Crippen LogP contribution is 2.33. The van der Waals surface area contributed by atoms with Crippen molar-refractivity contribution < 1.29 is 13.9 Å². The average Bonchev–Trinajstić information content (AvgIpc) is 2.95. The van der Waals surface area contributed by atoms with Gasteiger partial charge in [-0.3, -0.25) is 0 Å². The van der Waals surface area contributed by atoms with Crippen LogP contribution in [0, 0.1) is 5.92 Å². The highest BCUT2D eigenvalue weighted by molar-refractivity contribution is 5.62. The van der Waals surface area contributed by atoms with Crippen molar-refractivity contribution in [3.63, 3.8) is 0 Å². The molecule has 1 aromatic carbocycles. The fourth-order valence-electron chi connectivity index (χ4n) is 1.85. The lowest BCUT2D eigenvalue weighted by Crippen LogP contribution is -2.16. The van der Waals surface area contributed by atoms with E-state index in [0.717, 1.165) is 5.56 Å². The van der Waals surface area contributed by atoms with Crippen LogP contribution in [0.2, 0.25) is 0 Å². The molecule has 1 aromatic heterocycles. The number of aromatic nitrogens is 1. The number of ether oxygens (including phenoxy) is 2. The first kappa shape index (κ1) is 14.4. The summed E-state index contributed by atoms with van der Waals surface area (Å²) in [6.45, 7) is 4.07. The first-order valence-electron chi connectivity index (χ1n) is 6.50. The summed E-state index contributed by atoms with van der Waals surface area (Å²) in [5.74, 6) is 2.81. The molecule has 0 aliphatic rings. The normalized spacial score (nSPS) is 12.5. The summed E-state index contributed by atoms with van der Waals surface area (Å²) in [5, 5.41) is 0. The van der Waals surface area contributed by atoms with Gasteiger partial charge in [0.15, 0.2) is 17.3 Å². The Bertz CT molecular complexity index is 578. The van der Waals surface area contributed by atoms with E-state index in [-0.39, 0.29) is 12.0 Å². The summed E-state index contributed by atoms with van der Waals surface area (Å²) < 4.78 is 16.2. The van der Waals surface area contributed by atoms with Gasteiger partial charge in [-0.15, -0.1) is 0 Å². The molecule has 0 saturated carbocycles. The Balaban J connectivity index is 2.33. The van der Waals surface area contributed by atoms with E-state index in [1.165, 1.54) is 0 Å². The number of hydrogen-bond donors (Lipinski definition) is 1. The van der Waals surface area contributed by atoms with Gasteiger partial charge in [0.05, 0.1) is 26.5 Å². The van der Waals surface area contributed by atoms with Crippen molar-refractivity contribution in [2.24, 2.45) is 11.7 Å². The van der Waals surface area contributed by atoms with Crippen LogP contribution in [0.5, 0.6) is 11.5 Å². The lowest BCUT2D eigenvalue weighted by molar-refractivity contribution is 0.355. The minimum absolute atomic E-state index is 0.205. The molecule has 0 spiro atoms. The van der Waals surface area contributed by atoms with Gasteiger partial charge in [-0.2, -0.15) is 0 Å². The van der Waals surface area contributed by atoms with Crippen molar-refractivity contribution in [1.29, 1.82) is 0 Å². The summed E-state index contributed by atoms with van der Waals surface area (Å²) in [6, 6.07) is 5.37. The second-order valence-electron chi connectivity index (χ2n) is 4.90. The molecule has 2 aromatic rings. The molecule has 1 heterocycles. The summed E-state index contributed by atoms with van der Waals surface area (Å²) in [7, 11) is 3.20. The molecule has 1 unspecified atom stereocenters. The zero-order chi connectivity index (χ0) is 14.7. The Morgan fingerprint density at radius 3 is 2.45 bits per heavy atom. The van der Waals surface area contributed by atoms with Crippen LogP contribution < -0.4 is 15.2 Å². The maximum Gasteiger partial charge on any atom is 0.212 e. The molecule has 0 aliphatic heterocycles. The Morgan fingerprint density at radius 1 is 1.15 bits per heavy atom. The van der Waals surface area contributed by atoms with Gasteiger partial charge < -0.3 is 19.6 Å². The van der Waals surface area contributed by atoms with E-state index >= 15 is 0 Å². The van der Waals surface area contributed by atoms with Crippen molar-refractivity contribution >= 4 is 0 Å². The van der Waals surface area contributed by atoms with Crippen LogP contribution in [-0.4, -0.2) is 19.2 Å². The quantitative estimate of drug-likeness (QED) is 0.909. The molecule has 5 nitrogen and oxygen atoms in total. The second kappa shape index (κ2) is 5.96. The molecular formula is C15H20N2O3. The molecule has 0 saturated heterocycles. The van der Waals surface area contributed by atoms with Crippen LogP contribution in [0.3, 0.4) is 0 Å². The van der Waals surface area contributed by atoms with E-state index in [4.69, 9.17) is 19.6 Å². The smallest absolute Gasteiger partial charge is 0.212 e. The molecule has 1 atom stereocenters. The summed E-state index contributed by atoms with van der Waals surface area (Å²) in [6.07, 6.45) is 1.68. The van der Waals surface area contributed by atoms with Crippen molar-refractivity contribution in [3.05, 3.63) is 30.3 Å². The van der Waals surface area contributed by atoms with E-state index in [1.54, 1.807) is 20.4 Å². The molecular weight excluding hydrogens is 256 g/mol. The Morgan fingerprint density at radius 2 is 1.85 bits per heavy atom. The van der Waals surface area contributed by atoms with Crippen LogP contribution in [0.25, 0.3) is 11.3 Å². The predicted molar refractivity (Wildman–Crippen MR) is 76.8 cm³/mol. The third kappa shape index (κ3) is 2.77. The number of methoxy groups -OCH3 is 2. The second-order valence-corrected chi connectivity index (χ2v) is 4.90. The average molecular weight is 276 g/mol. The topological polar surface area (TPSA) is 70.5 Å². The first-order chi connectivity index (χ1) is 9.56. The zero-order valence-corrected chi connectivity index (χ0v) is 12.2. The van der Waals surface area contributed by atoms with E-state index < -0.39 is 0 Å². The third-order valence-corrected chi connectivity index (χ3v) is 3.20. The molecule has 20 heavy (non-hydrogen) atoms. The minimum Gasteiger partial charge on any atom is -0.493 e. The van der Waals surface area contributed by atoms with E-state index in [1.807, 2.05) is 32.0 Å². The minimum atomic E-state index is -0.205. The fraction of sp³-hybridized carbons (Fsp3) is 0.400. The SMILES string of the molecule is COc1ccc(-c2cnc(C(N)C(C)C)o2)cc1OC. The highest BCUT2D eigenvalue weighted by atomic mass is 16.5. The van der Waals surface area contributed by atoms with Crippen molar-refractivity contribution in [2.45, 2.75) is 19.9 Å². The summed E-state index contributed by atoms with van der Waals surface area (Å²) in [5.41, 5.74) is 6.90. The Hall–Kier alpha value is -2.01. The molecule has 0 bridgehead atoms. The third-order valence-electron chi connectivity index (χ3n) is 3.20. The highest BCUT2D eigenvalue weighted by Gasteiger charge is 2.17. The monoisotopic (exact) mass is 276 g/mol. The number of nitrogens with zero attached hydrogens (tertiary/aromatic N) is 1. The number of oxazole rings is 1. The van der Waals surface area contributed by atoms with Gasteiger partial charge >= 0.3 is 0 Å². The number of nitrogens with two attached hydrogens (primary N) is 1. The van der Waals surface area contributed by atoms with Gasteiger partial charge in [-0.1, -0.05) is 13.8 Å². The molecule has 2 N–H and O–H groups in total. The molecule has 0 fully saturated rings. The van der Waals surface area contributed by atoms with E-state index in [2.05, 4.69) is 4.98 Å². The van der Waals surface area contributed by atoms with Crippen molar-refractivity contribution in [1.82, 2.24) is 4.98 Å². The largest absolute Gasteiger partial charge is 0.493 e. The molecule has 0 aliphatic carbocycles. The Kier molecular flexibility index (Phi) is 4.29. The lowest BCUT2D eigenvalue weighted by atomic mass is 10.1. The van der Waals surface area contributed by atoms with Crippen molar-refractivity contribution in [2.75, 3.05) is 14.2 Å². The zero-order valence-electron chi connectivity index (χ0n) is 12.2. The molecule has 0 radical (unpaired) electrons. The van der Waals surface area contributed by atoms with Crippen LogP contribution in [0.1, 0.15) is 25.8 Å². The van der Waals surface area contributed by atoms with Crippen LogP contribution >= 0.6 is 0 Å². The van der Waals surface area contributed by atoms with E-state index in [0.29, 0.717) is 23.1 Å². The number of hydrogen-bond acceptors (Lipinski definition) is 5. The van der Waals surface area contributed by atoms with Gasteiger partial charge in [0.25, 0.3) is 0 Å². The number of rotatable bonds is 5. The first-order valence-corrected chi connectivity index (χ1v) is 6.50. The van der Waals surface area contributed by atoms with Gasteiger partial charge in [0.1, 0.15) is 0 Å². The van der Waals surface area contributed by atoms with Gasteiger partial charge in [0, 0.05) is 5.56 Å². The van der Waals surface area contributed by atoms with Gasteiger partial charge in [0.2, 0.25) is 5.89 Å².